The Morgan fingerprint density at radius 1 is 1.42 bits per heavy atom. The first-order chi connectivity index (χ1) is 8.77. The van der Waals surface area contributed by atoms with Crippen LogP contribution in [0.25, 0.3) is 0 Å². The summed E-state index contributed by atoms with van der Waals surface area (Å²) >= 11 is 5.88. The summed E-state index contributed by atoms with van der Waals surface area (Å²) in [4.78, 5) is 18.6. The van der Waals surface area contributed by atoms with E-state index in [1.54, 1.807) is 7.11 Å². The standard InChI is InChI=1S/C11H17ClN4O3/c1-11(2,3)10-14-8(12)7(16(17)18)9(15-10)13-5-6-19-4/h5-6H2,1-4H3,(H,13,14,15). The van der Waals surface area contributed by atoms with E-state index in [0.29, 0.717) is 19.0 Å². The Bertz CT molecular complexity index is 474. The molecule has 0 aliphatic carbocycles. The number of halogens is 1. The number of aromatic nitrogens is 2. The molecule has 0 aliphatic rings. The number of methoxy groups -OCH3 is 1. The highest BCUT2D eigenvalue weighted by atomic mass is 35.5. The number of hydrogen-bond acceptors (Lipinski definition) is 6. The van der Waals surface area contributed by atoms with E-state index in [4.69, 9.17) is 16.3 Å². The van der Waals surface area contributed by atoms with E-state index in [0.717, 1.165) is 0 Å². The van der Waals surface area contributed by atoms with Crippen LogP contribution in [-0.4, -0.2) is 35.2 Å². The SMILES string of the molecule is COCCNc1nc(C(C)(C)C)nc(Cl)c1[N+](=O)[O-]. The van der Waals surface area contributed by atoms with E-state index in [1.807, 2.05) is 20.8 Å². The molecule has 1 heterocycles. The second kappa shape index (κ2) is 6.12. The number of rotatable bonds is 5. The predicted molar refractivity (Wildman–Crippen MR) is 72.8 cm³/mol. The zero-order valence-electron chi connectivity index (χ0n) is 11.4. The van der Waals surface area contributed by atoms with Crippen LogP contribution in [0.4, 0.5) is 11.5 Å². The van der Waals surface area contributed by atoms with Gasteiger partial charge in [0.25, 0.3) is 0 Å². The molecule has 1 N–H and O–H groups in total. The molecule has 0 aliphatic heterocycles. The first-order valence-electron chi connectivity index (χ1n) is 5.72. The second-order valence-electron chi connectivity index (χ2n) is 4.96. The van der Waals surface area contributed by atoms with Crippen LogP contribution in [0.3, 0.4) is 0 Å². The van der Waals surface area contributed by atoms with E-state index >= 15 is 0 Å². The molecule has 7 nitrogen and oxygen atoms in total. The molecule has 0 unspecified atom stereocenters. The highest BCUT2D eigenvalue weighted by molar-refractivity contribution is 6.31. The maximum absolute atomic E-state index is 11.0. The Morgan fingerprint density at radius 3 is 2.53 bits per heavy atom. The highest BCUT2D eigenvalue weighted by Crippen LogP contribution is 2.32. The fourth-order valence-corrected chi connectivity index (χ4v) is 1.56. The molecule has 1 rings (SSSR count). The van der Waals surface area contributed by atoms with Crippen molar-refractivity contribution in [2.75, 3.05) is 25.6 Å². The Labute approximate surface area is 116 Å². The number of nitro groups is 1. The molecule has 0 radical (unpaired) electrons. The fraction of sp³-hybridized carbons (Fsp3) is 0.636. The van der Waals surface area contributed by atoms with Gasteiger partial charge in [-0.2, -0.15) is 0 Å². The van der Waals surface area contributed by atoms with Gasteiger partial charge < -0.3 is 10.1 Å². The van der Waals surface area contributed by atoms with Crippen LogP contribution >= 0.6 is 11.6 Å². The number of ether oxygens (including phenoxy) is 1. The van der Waals surface area contributed by atoms with Gasteiger partial charge in [0.1, 0.15) is 5.82 Å². The van der Waals surface area contributed by atoms with Gasteiger partial charge in [0.15, 0.2) is 0 Å². The molecular formula is C11H17ClN4O3. The number of nitrogens with zero attached hydrogens (tertiary/aromatic N) is 3. The average Bonchev–Trinajstić information content (AvgIpc) is 2.26. The van der Waals surface area contributed by atoms with Crippen molar-refractivity contribution in [1.82, 2.24) is 9.97 Å². The lowest BCUT2D eigenvalue weighted by atomic mass is 9.96. The summed E-state index contributed by atoms with van der Waals surface area (Å²) in [5, 5.41) is 13.7. The molecule has 0 atom stereocenters. The third-order valence-electron chi connectivity index (χ3n) is 2.29. The quantitative estimate of drug-likeness (QED) is 0.387. The average molecular weight is 289 g/mol. The molecule has 106 valence electrons. The van der Waals surface area contributed by atoms with Crippen molar-refractivity contribution < 1.29 is 9.66 Å². The summed E-state index contributed by atoms with van der Waals surface area (Å²) in [6.45, 7) is 6.52. The van der Waals surface area contributed by atoms with Gasteiger partial charge >= 0.3 is 5.69 Å². The van der Waals surface area contributed by atoms with Crippen molar-refractivity contribution >= 4 is 23.1 Å². The molecule has 0 saturated carbocycles. The smallest absolute Gasteiger partial charge is 0.348 e. The van der Waals surface area contributed by atoms with Gasteiger partial charge in [-0.05, 0) is 0 Å². The minimum atomic E-state index is -0.593. The number of hydrogen-bond donors (Lipinski definition) is 1. The van der Waals surface area contributed by atoms with Crippen LogP contribution in [0.15, 0.2) is 0 Å². The second-order valence-corrected chi connectivity index (χ2v) is 5.32. The summed E-state index contributed by atoms with van der Waals surface area (Å²) in [5.74, 6) is 0.565. The molecular weight excluding hydrogens is 272 g/mol. The first-order valence-corrected chi connectivity index (χ1v) is 6.10. The van der Waals surface area contributed by atoms with Crippen molar-refractivity contribution in [3.63, 3.8) is 0 Å². The Hall–Kier alpha value is -1.47. The van der Waals surface area contributed by atoms with E-state index in [1.165, 1.54) is 0 Å². The Morgan fingerprint density at radius 2 is 2.05 bits per heavy atom. The van der Waals surface area contributed by atoms with Gasteiger partial charge in [-0.1, -0.05) is 32.4 Å². The van der Waals surface area contributed by atoms with Gasteiger partial charge in [0, 0.05) is 19.1 Å². The summed E-state index contributed by atoms with van der Waals surface area (Å²) < 4.78 is 4.88. The molecule has 19 heavy (non-hydrogen) atoms. The zero-order valence-corrected chi connectivity index (χ0v) is 12.1. The summed E-state index contributed by atoms with van der Waals surface area (Å²) in [5.41, 5.74) is -0.665. The maximum Gasteiger partial charge on any atom is 0.348 e. The molecule has 0 amide bonds. The minimum absolute atomic E-state index is 0.118. The van der Waals surface area contributed by atoms with Crippen molar-refractivity contribution in [2.24, 2.45) is 0 Å². The summed E-state index contributed by atoms with van der Waals surface area (Å²) in [6.07, 6.45) is 0. The zero-order chi connectivity index (χ0) is 14.6. The summed E-state index contributed by atoms with van der Waals surface area (Å²) in [6, 6.07) is 0. The van der Waals surface area contributed by atoms with Gasteiger partial charge in [-0.15, -0.1) is 0 Å². The van der Waals surface area contributed by atoms with Crippen molar-refractivity contribution in [2.45, 2.75) is 26.2 Å². The van der Waals surface area contributed by atoms with Crippen LogP contribution in [0.5, 0.6) is 0 Å². The third-order valence-corrected chi connectivity index (χ3v) is 2.56. The monoisotopic (exact) mass is 288 g/mol. The fourth-order valence-electron chi connectivity index (χ4n) is 1.32. The lowest BCUT2D eigenvalue weighted by molar-refractivity contribution is -0.384. The lowest BCUT2D eigenvalue weighted by Gasteiger charge is -2.18. The van der Waals surface area contributed by atoms with E-state index in [-0.39, 0.29) is 22.1 Å². The lowest BCUT2D eigenvalue weighted by Crippen LogP contribution is -2.19. The van der Waals surface area contributed by atoms with Gasteiger partial charge in [0.05, 0.1) is 11.5 Å². The Kier molecular flexibility index (Phi) is 5.02. The maximum atomic E-state index is 11.0. The van der Waals surface area contributed by atoms with Gasteiger partial charge in [0.2, 0.25) is 11.0 Å². The Balaban J connectivity index is 3.21. The van der Waals surface area contributed by atoms with Crippen LogP contribution in [-0.2, 0) is 10.2 Å². The molecule has 0 aromatic carbocycles. The molecule has 1 aromatic rings. The van der Waals surface area contributed by atoms with E-state index in [2.05, 4.69) is 15.3 Å². The molecule has 0 fully saturated rings. The van der Waals surface area contributed by atoms with Crippen LogP contribution in [0.1, 0.15) is 26.6 Å². The predicted octanol–water partition coefficient (Wildman–Crippen LogP) is 2.39. The van der Waals surface area contributed by atoms with Crippen LogP contribution in [0, 0.1) is 10.1 Å². The largest absolute Gasteiger partial charge is 0.383 e. The first kappa shape index (κ1) is 15.6. The van der Waals surface area contributed by atoms with Gasteiger partial charge in [-0.3, -0.25) is 10.1 Å². The van der Waals surface area contributed by atoms with Crippen LogP contribution < -0.4 is 5.32 Å². The molecule has 0 saturated heterocycles. The van der Waals surface area contributed by atoms with Crippen LogP contribution in [0.2, 0.25) is 5.15 Å². The minimum Gasteiger partial charge on any atom is -0.383 e. The molecule has 1 aromatic heterocycles. The number of anilines is 1. The van der Waals surface area contributed by atoms with Crippen molar-refractivity contribution in [3.05, 3.63) is 21.1 Å². The third kappa shape index (κ3) is 4.00. The van der Waals surface area contributed by atoms with E-state index < -0.39 is 4.92 Å². The highest BCUT2D eigenvalue weighted by Gasteiger charge is 2.27. The van der Waals surface area contributed by atoms with Crippen molar-refractivity contribution in [1.29, 1.82) is 0 Å². The number of nitrogens with one attached hydrogen (secondary N) is 1. The molecule has 0 spiro atoms. The van der Waals surface area contributed by atoms with Crippen molar-refractivity contribution in [3.8, 4) is 0 Å². The molecule has 8 heteroatoms. The molecule has 0 bridgehead atoms. The topological polar surface area (TPSA) is 90.2 Å². The summed E-state index contributed by atoms with van der Waals surface area (Å²) in [7, 11) is 1.55. The van der Waals surface area contributed by atoms with E-state index in [9.17, 15) is 10.1 Å². The normalized spacial score (nSPS) is 11.4. The van der Waals surface area contributed by atoms with Gasteiger partial charge in [-0.25, -0.2) is 9.97 Å².